The molecule has 0 radical (unpaired) electrons. The van der Waals surface area contributed by atoms with Crippen LogP contribution in [-0.4, -0.2) is 40.2 Å². The van der Waals surface area contributed by atoms with Gasteiger partial charge < -0.3 is 15.3 Å². The zero-order valence-corrected chi connectivity index (χ0v) is 8.57. The molecule has 0 unspecified atom stereocenters. The Hall–Kier alpha value is -1.96. The zero-order chi connectivity index (χ0) is 12.8. The van der Waals surface area contributed by atoms with Gasteiger partial charge in [0, 0.05) is 0 Å². The van der Waals surface area contributed by atoms with Gasteiger partial charge in [0.05, 0.1) is 11.1 Å². The number of rotatable bonds is 5. The van der Waals surface area contributed by atoms with Crippen molar-refractivity contribution in [1.82, 2.24) is 0 Å². The molecule has 0 fully saturated rings. The number of aromatic carboxylic acids is 1. The summed E-state index contributed by atoms with van der Waals surface area (Å²) in [5, 5.41) is 25.4. The van der Waals surface area contributed by atoms with Gasteiger partial charge >= 0.3 is 11.9 Å². The van der Waals surface area contributed by atoms with E-state index in [4.69, 9.17) is 15.3 Å². The Bertz CT molecular complexity index is 396. The fourth-order valence-electron chi connectivity index (χ4n) is 0.945. The lowest BCUT2D eigenvalue weighted by atomic mass is 10.1. The summed E-state index contributed by atoms with van der Waals surface area (Å²) in [6.45, 7) is -0.570. The van der Waals surface area contributed by atoms with E-state index in [9.17, 15) is 9.59 Å². The first-order valence-corrected chi connectivity index (χ1v) is 4.54. The highest BCUT2D eigenvalue weighted by Gasteiger charge is 2.10. The van der Waals surface area contributed by atoms with Crippen LogP contribution < -0.4 is 0 Å². The van der Waals surface area contributed by atoms with E-state index in [-0.39, 0.29) is 11.1 Å². The summed E-state index contributed by atoms with van der Waals surface area (Å²) in [6, 6.07) is 4.98. The van der Waals surface area contributed by atoms with E-state index in [1.807, 2.05) is 0 Å². The topological polar surface area (TPSA) is 113 Å². The third-order valence-corrected chi connectivity index (χ3v) is 1.72. The van der Waals surface area contributed by atoms with Crippen molar-refractivity contribution < 1.29 is 34.7 Å². The van der Waals surface area contributed by atoms with E-state index in [0.29, 0.717) is 0 Å². The van der Waals surface area contributed by atoms with Gasteiger partial charge in [0.1, 0.15) is 6.61 Å². The summed E-state index contributed by atoms with van der Waals surface area (Å²) in [5.41, 5.74) is 0.121. The molecule has 7 heteroatoms. The molecule has 0 aliphatic carbocycles. The highest BCUT2D eigenvalue weighted by molar-refractivity contribution is 5.92. The van der Waals surface area contributed by atoms with Crippen molar-refractivity contribution in [2.24, 2.45) is 0 Å². The Balaban J connectivity index is 2.55. The summed E-state index contributed by atoms with van der Waals surface area (Å²) < 4.78 is 0. The van der Waals surface area contributed by atoms with Crippen LogP contribution in [0, 0.1) is 0 Å². The molecule has 1 aromatic rings. The molecule has 1 rings (SSSR count). The van der Waals surface area contributed by atoms with Gasteiger partial charge in [-0.05, 0) is 24.3 Å². The predicted octanol–water partition coefficient (Wildman–Crippen LogP) is -0.216. The third-order valence-electron chi connectivity index (χ3n) is 1.72. The zero-order valence-electron chi connectivity index (χ0n) is 8.57. The molecule has 0 aliphatic rings. The Morgan fingerprint density at radius 1 is 1.12 bits per heavy atom. The maximum atomic E-state index is 11.2. The lowest BCUT2D eigenvalue weighted by molar-refractivity contribution is -0.274. The highest BCUT2D eigenvalue weighted by atomic mass is 17.2. The van der Waals surface area contributed by atoms with Crippen LogP contribution in [0.1, 0.15) is 20.7 Å². The minimum Gasteiger partial charge on any atom is -0.478 e. The van der Waals surface area contributed by atoms with Gasteiger partial charge in [-0.15, -0.1) is 0 Å². The standard InChI is InChI=1S/C10H10O7/c11-8(12)5-16-17-10(15)7-3-1-6(2-4-7)9(13)14/h1-4,8,11-12H,5H2,(H,13,14). The number of carbonyl (C=O) groups excluding carboxylic acids is 1. The first-order chi connectivity index (χ1) is 8.00. The van der Waals surface area contributed by atoms with Crippen LogP contribution in [0.3, 0.4) is 0 Å². The number of carboxylic acid groups (broad SMARTS) is 1. The molecule has 1 aromatic carbocycles. The molecule has 17 heavy (non-hydrogen) atoms. The fraction of sp³-hybridized carbons (Fsp3) is 0.200. The molecule has 92 valence electrons. The third kappa shape index (κ3) is 4.19. The quantitative estimate of drug-likeness (QED) is 0.371. The first kappa shape index (κ1) is 13.1. The van der Waals surface area contributed by atoms with Crippen molar-refractivity contribution in [2.75, 3.05) is 6.61 Å². The molecule has 0 saturated heterocycles. The van der Waals surface area contributed by atoms with Crippen LogP contribution >= 0.6 is 0 Å². The van der Waals surface area contributed by atoms with Crippen molar-refractivity contribution in [2.45, 2.75) is 6.29 Å². The van der Waals surface area contributed by atoms with Crippen molar-refractivity contribution in [3.05, 3.63) is 35.4 Å². The predicted molar refractivity (Wildman–Crippen MR) is 53.0 cm³/mol. The van der Waals surface area contributed by atoms with E-state index in [1.165, 1.54) is 24.3 Å². The summed E-state index contributed by atoms with van der Waals surface area (Å²) in [5.74, 6) is -1.97. The number of hydrogen-bond acceptors (Lipinski definition) is 6. The molecule has 3 N–H and O–H groups in total. The Morgan fingerprint density at radius 3 is 2.12 bits per heavy atom. The van der Waals surface area contributed by atoms with Crippen LogP contribution in [0.2, 0.25) is 0 Å². The maximum Gasteiger partial charge on any atom is 0.373 e. The van der Waals surface area contributed by atoms with Gasteiger partial charge in [0.2, 0.25) is 0 Å². The van der Waals surface area contributed by atoms with Gasteiger partial charge in [0.15, 0.2) is 6.29 Å². The van der Waals surface area contributed by atoms with E-state index < -0.39 is 24.8 Å². The lowest BCUT2D eigenvalue weighted by Crippen LogP contribution is -2.16. The average molecular weight is 242 g/mol. The Morgan fingerprint density at radius 2 is 1.65 bits per heavy atom. The molecule has 0 atom stereocenters. The van der Waals surface area contributed by atoms with Gasteiger partial charge in [-0.2, -0.15) is 4.89 Å². The molecular weight excluding hydrogens is 232 g/mol. The maximum absolute atomic E-state index is 11.2. The Kier molecular flexibility index (Phi) is 4.58. The summed E-state index contributed by atoms with van der Waals surface area (Å²) in [6.07, 6.45) is -1.74. The smallest absolute Gasteiger partial charge is 0.373 e. The molecular formula is C10H10O7. The molecule has 0 bridgehead atoms. The minimum atomic E-state index is -1.74. The van der Waals surface area contributed by atoms with Crippen molar-refractivity contribution >= 4 is 11.9 Å². The highest BCUT2D eigenvalue weighted by Crippen LogP contribution is 2.06. The van der Waals surface area contributed by atoms with Gasteiger partial charge in [-0.25, -0.2) is 9.59 Å². The largest absolute Gasteiger partial charge is 0.478 e. The molecule has 0 saturated carbocycles. The van der Waals surface area contributed by atoms with Gasteiger partial charge in [-0.1, -0.05) is 0 Å². The van der Waals surface area contributed by atoms with Crippen molar-refractivity contribution in [3.8, 4) is 0 Å². The number of aliphatic hydroxyl groups excluding tert-OH is 1. The van der Waals surface area contributed by atoms with Crippen LogP contribution in [0.25, 0.3) is 0 Å². The Labute approximate surface area is 95.8 Å². The molecule has 0 aliphatic heterocycles. The second-order valence-electron chi connectivity index (χ2n) is 3.02. The first-order valence-electron chi connectivity index (χ1n) is 4.54. The van der Waals surface area contributed by atoms with Gasteiger partial charge in [0.25, 0.3) is 0 Å². The van der Waals surface area contributed by atoms with E-state index >= 15 is 0 Å². The average Bonchev–Trinajstić information content (AvgIpc) is 2.28. The van der Waals surface area contributed by atoms with Gasteiger partial charge in [-0.3, -0.25) is 4.89 Å². The summed E-state index contributed by atoms with van der Waals surface area (Å²) in [7, 11) is 0. The number of aliphatic hydroxyl groups is 2. The molecule has 7 nitrogen and oxygen atoms in total. The van der Waals surface area contributed by atoms with E-state index in [1.54, 1.807) is 0 Å². The summed E-state index contributed by atoms with van der Waals surface area (Å²) >= 11 is 0. The number of carboxylic acids is 1. The van der Waals surface area contributed by atoms with Crippen molar-refractivity contribution in [1.29, 1.82) is 0 Å². The SMILES string of the molecule is O=C(O)c1ccc(C(=O)OOCC(O)O)cc1. The second kappa shape index (κ2) is 5.94. The second-order valence-corrected chi connectivity index (χ2v) is 3.02. The number of hydrogen-bond donors (Lipinski definition) is 3. The molecule has 0 aromatic heterocycles. The van der Waals surface area contributed by atoms with Crippen LogP contribution in [0.4, 0.5) is 0 Å². The van der Waals surface area contributed by atoms with Crippen molar-refractivity contribution in [3.63, 3.8) is 0 Å². The molecule has 0 amide bonds. The van der Waals surface area contributed by atoms with Crippen LogP contribution in [0.5, 0.6) is 0 Å². The number of carbonyl (C=O) groups is 2. The number of benzene rings is 1. The molecule has 0 spiro atoms. The summed E-state index contributed by atoms with van der Waals surface area (Å²) in [4.78, 5) is 30.2. The van der Waals surface area contributed by atoms with Crippen LogP contribution in [-0.2, 0) is 9.78 Å². The fourth-order valence-corrected chi connectivity index (χ4v) is 0.945. The minimum absolute atomic E-state index is 0.0354. The molecule has 0 heterocycles. The normalized spacial score (nSPS) is 10.3. The monoisotopic (exact) mass is 242 g/mol. The van der Waals surface area contributed by atoms with E-state index in [0.717, 1.165) is 0 Å². The lowest BCUT2D eigenvalue weighted by Gasteiger charge is -2.04. The van der Waals surface area contributed by atoms with E-state index in [2.05, 4.69) is 9.78 Å². The van der Waals surface area contributed by atoms with Crippen LogP contribution in [0.15, 0.2) is 24.3 Å².